The van der Waals surface area contributed by atoms with E-state index in [0.29, 0.717) is 16.6 Å². The van der Waals surface area contributed by atoms with Crippen molar-refractivity contribution in [3.8, 4) is 6.07 Å². The number of aromatic nitrogens is 1. The van der Waals surface area contributed by atoms with Gasteiger partial charge >= 0.3 is 0 Å². The summed E-state index contributed by atoms with van der Waals surface area (Å²) in [5.74, 6) is -1.38. The number of pyridine rings is 1. The van der Waals surface area contributed by atoms with Gasteiger partial charge in [-0.1, -0.05) is 18.2 Å². The molecule has 3 rings (SSSR count). The van der Waals surface area contributed by atoms with Gasteiger partial charge in [0.1, 0.15) is 17.7 Å². The number of benzene rings is 2. The van der Waals surface area contributed by atoms with Crippen molar-refractivity contribution in [2.45, 2.75) is 0 Å². The molecule has 5 heteroatoms. The van der Waals surface area contributed by atoms with Crippen LogP contribution in [0.3, 0.4) is 0 Å². The predicted octanol–water partition coefficient (Wildman–Crippen LogP) is 4.13. The first-order valence-corrected chi connectivity index (χ1v) is 6.19. The third-order valence-corrected chi connectivity index (χ3v) is 3.09. The number of hydrogen-bond acceptors (Lipinski definition) is 3. The molecule has 0 unspecified atom stereocenters. The molecule has 0 fully saturated rings. The maximum atomic E-state index is 13.8. The van der Waals surface area contributed by atoms with Gasteiger partial charge in [-0.3, -0.25) is 4.98 Å². The Hall–Kier alpha value is -3.00. The van der Waals surface area contributed by atoms with Crippen LogP contribution in [0.15, 0.2) is 48.7 Å². The molecule has 1 heterocycles. The number of anilines is 2. The van der Waals surface area contributed by atoms with E-state index in [0.717, 1.165) is 12.1 Å². The Labute approximate surface area is 119 Å². The molecule has 0 saturated heterocycles. The number of nitrogens with one attached hydrogen (secondary N) is 1. The van der Waals surface area contributed by atoms with Gasteiger partial charge in [-0.2, -0.15) is 5.26 Å². The minimum Gasteiger partial charge on any atom is -0.351 e. The van der Waals surface area contributed by atoms with Crippen molar-refractivity contribution < 1.29 is 8.78 Å². The first kappa shape index (κ1) is 13.0. The Kier molecular flexibility index (Phi) is 3.20. The number of halogens is 2. The lowest BCUT2D eigenvalue weighted by molar-refractivity contribution is 0.586. The van der Waals surface area contributed by atoms with Crippen molar-refractivity contribution in [2.75, 3.05) is 5.32 Å². The second kappa shape index (κ2) is 5.17. The third-order valence-electron chi connectivity index (χ3n) is 3.09. The molecule has 0 bridgehead atoms. The average molecular weight is 281 g/mol. The zero-order valence-electron chi connectivity index (χ0n) is 10.8. The van der Waals surface area contributed by atoms with E-state index in [9.17, 15) is 14.0 Å². The fourth-order valence-corrected chi connectivity index (χ4v) is 2.09. The Balaban J connectivity index is 2.17. The van der Waals surface area contributed by atoms with Crippen molar-refractivity contribution in [3.05, 3.63) is 65.9 Å². The summed E-state index contributed by atoms with van der Waals surface area (Å²) in [5, 5.41) is 12.7. The molecule has 3 aromatic rings. The Morgan fingerprint density at radius 2 is 1.90 bits per heavy atom. The number of para-hydroxylation sites is 1. The maximum absolute atomic E-state index is 13.8. The van der Waals surface area contributed by atoms with E-state index in [-0.39, 0.29) is 11.3 Å². The SMILES string of the molecule is N#Cc1cnc2ccccc2c1Nc1ccc(F)cc1F. The summed E-state index contributed by atoms with van der Waals surface area (Å²) in [6, 6.07) is 12.5. The van der Waals surface area contributed by atoms with Crippen LogP contribution in [0.2, 0.25) is 0 Å². The first-order chi connectivity index (χ1) is 10.2. The summed E-state index contributed by atoms with van der Waals surface area (Å²) in [6.07, 6.45) is 1.42. The van der Waals surface area contributed by atoms with Gasteiger partial charge < -0.3 is 5.32 Å². The minimum atomic E-state index is -0.722. The van der Waals surface area contributed by atoms with Gasteiger partial charge in [0.05, 0.1) is 22.5 Å². The van der Waals surface area contributed by atoms with E-state index < -0.39 is 11.6 Å². The van der Waals surface area contributed by atoms with Crippen molar-refractivity contribution in [1.29, 1.82) is 5.26 Å². The molecule has 1 aromatic heterocycles. The molecule has 2 aromatic carbocycles. The minimum absolute atomic E-state index is 0.101. The summed E-state index contributed by atoms with van der Waals surface area (Å²) in [6.45, 7) is 0. The monoisotopic (exact) mass is 281 g/mol. The van der Waals surface area contributed by atoms with Crippen molar-refractivity contribution in [2.24, 2.45) is 0 Å². The van der Waals surface area contributed by atoms with E-state index in [1.54, 1.807) is 18.2 Å². The largest absolute Gasteiger partial charge is 0.351 e. The number of hydrogen-bond donors (Lipinski definition) is 1. The highest BCUT2D eigenvalue weighted by Gasteiger charge is 2.11. The Morgan fingerprint density at radius 1 is 1.10 bits per heavy atom. The van der Waals surface area contributed by atoms with Gasteiger partial charge in [0.15, 0.2) is 0 Å². The van der Waals surface area contributed by atoms with E-state index in [1.807, 2.05) is 12.1 Å². The van der Waals surface area contributed by atoms with Gasteiger partial charge in [0.2, 0.25) is 0 Å². The van der Waals surface area contributed by atoms with Crippen LogP contribution >= 0.6 is 0 Å². The van der Waals surface area contributed by atoms with Crippen molar-refractivity contribution in [1.82, 2.24) is 4.98 Å². The number of rotatable bonds is 2. The van der Waals surface area contributed by atoms with Gasteiger partial charge in [-0.25, -0.2) is 8.78 Å². The number of nitriles is 1. The van der Waals surface area contributed by atoms with Crippen LogP contribution in [-0.2, 0) is 0 Å². The molecule has 0 aliphatic carbocycles. The highest BCUT2D eigenvalue weighted by molar-refractivity contribution is 5.95. The topological polar surface area (TPSA) is 48.7 Å². The van der Waals surface area contributed by atoms with Crippen LogP contribution in [0.1, 0.15) is 5.56 Å². The first-order valence-electron chi connectivity index (χ1n) is 6.19. The normalized spacial score (nSPS) is 10.3. The van der Waals surface area contributed by atoms with E-state index >= 15 is 0 Å². The molecule has 0 spiro atoms. The summed E-state index contributed by atoms with van der Waals surface area (Å²) in [4.78, 5) is 4.17. The molecule has 0 atom stereocenters. The summed E-state index contributed by atoms with van der Waals surface area (Å²) in [5.41, 5.74) is 1.52. The molecule has 0 saturated carbocycles. The second-order valence-electron chi connectivity index (χ2n) is 4.42. The van der Waals surface area contributed by atoms with Crippen LogP contribution in [0.4, 0.5) is 20.2 Å². The highest BCUT2D eigenvalue weighted by atomic mass is 19.1. The predicted molar refractivity (Wildman–Crippen MR) is 76.1 cm³/mol. The fraction of sp³-hybridized carbons (Fsp3) is 0. The molecular formula is C16H9F2N3. The Morgan fingerprint density at radius 3 is 2.67 bits per heavy atom. The van der Waals surface area contributed by atoms with Gasteiger partial charge in [-0.05, 0) is 18.2 Å². The van der Waals surface area contributed by atoms with E-state index in [2.05, 4.69) is 10.3 Å². The van der Waals surface area contributed by atoms with Gasteiger partial charge in [-0.15, -0.1) is 0 Å². The van der Waals surface area contributed by atoms with Gasteiger partial charge in [0.25, 0.3) is 0 Å². The molecule has 3 nitrogen and oxygen atoms in total. The second-order valence-corrected chi connectivity index (χ2v) is 4.42. The fourth-order valence-electron chi connectivity index (χ4n) is 2.09. The zero-order chi connectivity index (χ0) is 14.8. The standard InChI is InChI=1S/C16H9F2N3/c17-11-5-6-15(13(18)7-11)21-16-10(8-19)9-20-14-4-2-1-3-12(14)16/h1-7,9H,(H,20,21). The third kappa shape index (κ3) is 2.39. The van der Waals surface area contributed by atoms with E-state index in [4.69, 9.17) is 0 Å². The van der Waals surface area contributed by atoms with Crippen molar-refractivity contribution in [3.63, 3.8) is 0 Å². The van der Waals surface area contributed by atoms with E-state index in [1.165, 1.54) is 12.3 Å². The molecular weight excluding hydrogens is 272 g/mol. The lowest BCUT2D eigenvalue weighted by atomic mass is 10.1. The highest BCUT2D eigenvalue weighted by Crippen LogP contribution is 2.29. The molecule has 0 aliphatic heterocycles. The van der Waals surface area contributed by atoms with Crippen LogP contribution < -0.4 is 5.32 Å². The van der Waals surface area contributed by atoms with Gasteiger partial charge in [0, 0.05) is 17.6 Å². The molecule has 0 radical (unpaired) electrons. The quantitative estimate of drug-likeness (QED) is 0.768. The lowest BCUT2D eigenvalue weighted by Gasteiger charge is -2.12. The smallest absolute Gasteiger partial charge is 0.149 e. The summed E-state index contributed by atoms with van der Waals surface area (Å²) < 4.78 is 26.7. The van der Waals surface area contributed by atoms with Crippen LogP contribution in [-0.4, -0.2) is 4.98 Å². The summed E-state index contributed by atoms with van der Waals surface area (Å²) >= 11 is 0. The zero-order valence-corrected chi connectivity index (χ0v) is 10.8. The molecule has 1 N–H and O–H groups in total. The summed E-state index contributed by atoms with van der Waals surface area (Å²) in [7, 11) is 0. The maximum Gasteiger partial charge on any atom is 0.149 e. The van der Waals surface area contributed by atoms with Crippen LogP contribution in [0, 0.1) is 23.0 Å². The molecule has 0 amide bonds. The van der Waals surface area contributed by atoms with Crippen molar-refractivity contribution >= 4 is 22.3 Å². The number of fused-ring (bicyclic) bond motifs is 1. The molecule has 0 aliphatic rings. The van der Waals surface area contributed by atoms with Crippen LogP contribution in [0.25, 0.3) is 10.9 Å². The average Bonchev–Trinajstić information content (AvgIpc) is 2.50. The molecule has 102 valence electrons. The Bertz CT molecular complexity index is 869. The molecule has 21 heavy (non-hydrogen) atoms. The van der Waals surface area contributed by atoms with Crippen LogP contribution in [0.5, 0.6) is 0 Å². The number of nitrogens with zero attached hydrogens (tertiary/aromatic N) is 2. The lowest BCUT2D eigenvalue weighted by Crippen LogP contribution is -1.99.